The zero-order chi connectivity index (χ0) is 11.7. The second-order valence-electron chi connectivity index (χ2n) is 4.52. The van der Waals surface area contributed by atoms with E-state index in [0.29, 0.717) is 5.92 Å². The molecule has 4 nitrogen and oxygen atoms in total. The predicted molar refractivity (Wildman–Crippen MR) is 66.8 cm³/mol. The highest BCUT2D eigenvalue weighted by Gasteiger charge is 2.21. The molecule has 0 spiro atoms. The summed E-state index contributed by atoms with van der Waals surface area (Å²) in [6.07, 6.45) is 4.78. The average Bonchev–Trinajstić information content (AvgIpc) is 2.99. The summed E-state index contributed by atoms with van der Waals surface area (Å²) in [5.41, 5.74) is 3.32. The van der Waals surface area contributed by atoms with Crippen molar-refractivity contribution in [1.29, 1.82) is 0 Å². The Morgan fingerprint density at radius 1 is 1.29 bits per heavy atom. The van der Waals surface area contributed by atoms with Gasteiger partial charge in [0.15, 0.2) is 0 Å². The first-order chi connectivity index (χ1) is 8.34. The molecule has 88 valence electrons. The van der Waals surface area contributed by atoms with Crippen LogP contribution in [0.1, 0.15) is 23.9 Å². The van der Waals surface area contributed by atoms with Gasteiger partial charge in [0.05, 0.1) is 5.69 Å². The SMILES string of the molecule is Cc1[nH]c(C2CCNC2)nc1-c1ccncc1. The van der Waals surface area contributed by atoms with Gasteiger partial charge in [-0.2, -0.15) is 0 Å². The molecule has 3 rings (SSSR count). The molecule has 2 aromatic heterocycles. The van der Waals surface area contributed by atoms with Crippen molar-refractivity contribution in [2.45, 2.75) is 19.3 Å². The van der Waals surface area contributed by atoms with Crippen molar-refractivity contribution >= 4 is 0 Å². The lowest BCUT2D eigenvalue weighted by atomic mass is 10.1. The van der Waals surface area contributed by atoms with E-state index >= 15 is 0 Å². The molecule has 0 radical (unpaired) electrons. The summed E-state index contributed by atoms with van der Waals surface area (Å²) >= 11 is 0. The Labute approximate surface area is 101 Å². The molecule has 1 aliphatic heterocycles. The van der Waals surface area contributed by atoms with Crippen molar-refractivity contribution in [1.82, 2.24) is 20.3 Å². The van der Waals surface area contributed by atoms with Gasteiger partial charge in [0, 0.05) is 36.1 Å². The van der Waals surface area contributed by atoms with Gasteiger partial charge >= 0.3 is 0 Å². The molecule has 1 unspecified atom stereocenters. The van der Waals surface area contributed by atoms with Crippen molar-refractivity contribution in [2.24, 2.45) is 0 Å². The topological polar surface area (TPSA) is 53.6 Å². The molecule has 0 bridgehead atoms. The Hall–Kier alpha value is -1.68. The van der Waals surface area contributed by atoms with Crippen molar-refractivity contribution in [2.75, 3.05) is 13.1 Å². The smallest absolute Gasteiger partial charge is 0.111 e. The molecular weight excluding hydrogens is 212 g/mol. The molecule has 3 heterocycles. The molecule has 1 saturated heterocycles. The number of hydrogen-bond donors (Lipinski definition) is 2. The molecule has 0 saturated carbocycles. The highest BCUT2D eigenvalue weighted by atomic mass is 15.0. The van der Waals surface area contributed by atoms with E-state index in [9.17, 15) is 0 Å². The van der Waals surface area contributed by atoms with Crippen LogP contribution in [0.3, 0.4) is 0 Å². The van der Waals surface area contributed by atoms with Crippen molar-refractivity contribution < 1.29 is 0 Å². The number of hydrogen-bond acceptors (Lipinski definition) is 3. The van der Waals surface area contributed by atoms with E-state index in [1.807, 2.05) is 12.1 Å². The zero-order valence-corrected chi connectivity index (χ0v) is 9.90. The van der Waals surface area contributed by atoms with E-state index in [-0.39, 0.29) is 0 Å². The minimum atomic E-state index is 0.532. The summed E-state index contributed by atoms with van der Waals surface area (Å²) in [4.78, 5) is 12.2. The third-order valence-electron chi connectivity index (χ3n) is 3.30. The molecule has 0 amide bonds. The van der Waals surface area contributed by atoms with Crippen LogP contribution in [-0.2, 0) is 0 Å². The summed E-state index contributed by atoms with van der Waals surface area (Å²) in [7, 11) is 0. The van der Waals surface area contributed by atoms with Crippen LogP contribution >= 0.6 is 0 Å². The van der Waals surface area contributed by atoms with Gasteiger partial charge in [0.1, 0.15) is 5.82 Å². The molecule has 1 atom stereocenters. The number of nitrogens with zero attached hydrogens (tertiary/aromatic N) is 2. The fourth-order valence-corrected chi connectivity index (χ4v) is 2.36. The van der Waals surface area contributed by atoms with Gasteiger partial charge in [-0.15, -0.1) is 0 Å². The normalized spacial score (nSPS) is 19.7. The fourth-order valence-electron chi connectivity index (χ4n) is 2.36. The second kappa shape index (κ2) is 4.30. The van der Waals surface area contributed by atoms with Crippen LogP contribution in [0.5, 0.6) is 0 Å². The van der Waals surface area contributed by atoms with Crippen LogP contribution < -0.4 is 5.32 Å². The van der Waals surface area contributed by atoms with Gasteiger partial charge in [-0.1, -0.05) is 0 Å². The summed E-state index contributed by atoms with van der Waals surface area (Å²) in [5, 5.41) is 3.37. The Bertz CT molecular complexity index is 497. The number of aryl methyl sites for hydroxylation is 1. The van der Waals surface area contributed by atoms with Crippen LogP contribution in [0.25, 0.3) is 11.3 Å². The molecule has 4 heteroatoms. The van der Waals surface area contributed by atoms with Gasteiger partial charge in [-0.3, -0.25) is 4.98 Å². The Morgan fingerprint density at radius 3 is 2.82 bits per heavy atom. The van der Waals surface area contributed by atoms with E-state index in [1.54, 1.807) is 12.4 Å². The summed E-state index contributed by atoms with van der Waals surface area (Å²) in [6, 6.07) is 4.00. The summed E-state index contributed by atoms with van der Waals surface area (Å²) in [5.74, 6) is 1.64. The highest BCUT2D eigenvalue weighted by molar-refractivity contribution is 5.61. The van der Waals surface area contributed by atoms with Crippen LogP contribution in [-0.4, -0.2) is 28.0 Å². The van der Waals surface area contributed by atoms with Crippen molar-refractivity contribution in [3.63, 3.8) is 0 Å². The van der Waals surface area contributed by atoms with Crippen LogP contribution in [0.15, 0.2) is 24.5 Å². The quantitative estimate of drug-likeness (QED) is 0.825. The van der Waals surface area contributed by atoms with Crippen LogP contribution in [0, 0.1) is 6.92 Å². The molecule has 2 N–H and O–H groups in total. The first-order valence-electron chi connectivity index (χ1n) is 6.02. The Balaban J connectivity index is 1.96. The average molecular weight is 228 g/mol. The lowest BCUT2D eigenvalue weighted by Gasteiger charge is -2.02. The number of H-pyrrole nitrogens is 1. The predicted octanol–water partition coefficient (Wildman–Crippen LogP) is 1.86. The number of rotatable bonds is 2. The zero-order valence-electron chi connectivity index (χ0n) is 9.90. The van der Waals surface area contributed by atoms with Crippen LogP contribution in [0.2, 0.25) is 0 Å². The summed E-state index contributed by atoms with van der Waals surface area (Å²) < 4.78 is 0. The molecular formula is C13H16N4. The third-order valence-corrected chi connectivity index (χ3v) is 3.30. The van der Waals surface area contributed by atoms with Crippen LogP contribution in [0.4, 0.5) is 0 Å². The van der Waals surface area contributed by atoms with Gasteiger partial charge in [-0.05, 0) is 32.0 Å². The van der Waals surface area contributed by atoms with Gasteiger partial charge < -0.3 is 10.3 Å². The molecule has 2 aromatic rings. The largest absolute Gasteiger partial charge is 0.345 e. The third kappa shape index (κ3) is 1.96. The first-order valence-corrected chi connectivity index (χ1v) is 6.02. The lowest BCUT2D eigenvalue weighted by molar-refractivity contribution is 0.713. The molecule has 1 aliphatic rings. The van der Waals surface area contributed by atoms with E-state index in [2.05, 4.69) is 22.2 Å². The number of aromatic nitrogens is 3. The fraction of sp³-hybridized carbons (Fsp3) is 0.385. The lowest BCUT2D eigenvalue weighted by Crippen LogP contribution is -2.08. The molecule has 0 aromatic carbocycles. The van der Waals surface area contributed by atoms with E-state index < -0.39 is 0 Å². The minimum absolute atomic E-state index is 0.532. The van der Waals surface area contributed by atoms with Gasteiger partial charge in [0.25, 0.3) is 0 Å². The Kier molecular flexibility index (Phi) is 2.65. The first kappa shape index (κ1) is 10.5. The maximum Gasteiger partial charge on any atom is 0.111 e. The highest BCUT2D eigenvalue weighted by Crippen LogP contribution is 2.25. The summed E-state index contributed by atoms with van der Waals surface area (Å²) in [6.45, 7) is 4.20. The number of imidazole rings is 1. The van der Waals surface area contributed by atoms with Crippen molar-refractivity contribution in [3.8, 4) is 11.3 Å². The number of nitrogens with one attached hydrogen (secondary N) is 2. The Morgan fingerprint density at radius 2 is 2.12 bits per heavy atom. The molecule has 0 aliphatic carbocycles. The number of aromatic amines is 1. The maximum atomic E-state index is 4.74. The maximum absolute atomic E-state index is 4.74. The second-order valence-corrected chi connectivity index (χ2v) is 4.52. The molecule has 17 heavy (non-hydrogen) atoms. The van der Waals surface area contributed by atoms with Gasteiger partial charge in [-0.25, -0.2) is 4.98 Å². The standard InChI is InChI=1S/C13H16N4/c1-9-12(10-2-5-14-6-3-10)17-13(16-9)11-4-7-15-8-11/h2-3,5-6,11,15H,4,7-8H2,1H3,(H,16,17). The monoisotopic (exact) mass is 228 g/mol. The van der Waals surface area contributed by atoms with E-state index in [0.717, 1.165) is 35.9 Å². The van der Waals surface area contributed by atoms with Gasteiger partial charge in [0.2, 0.25) is 0 Å². The minimum Gasteiger partial charge on any atom is -0.345 e. The van der Waals surface area contributed by atoms with E-state index in [1.165, 1.54) is 6.42 Å². The van der Waals surface area contributed by atoms with Crippen molar-refractivity contribution in [3.05, 3.63) is 36.0 Å². The molecule has 1 fully saturated rings. The van der Waals surface area contributed by atoms with E-state index in [4.69, 9.17) is 4.98 Å². The number of pyridine rings is 1.